The lowest BCUT2D eigenvalue weighted by molar-refractivity contribution is 0.0759. The molecule has 0 radical (unpaired) electrons. The predicted octanol–water partition coefficient (Wildman–Crippen LogP) is 3.77. The van der Waals surface area contributed by atoms with Crippen LogP contribution in [0, 0.1) is 5.82 Å². The highest BCUT2D eigenvalue weighted by molar-refractivity contribution is 7.90. The average Bonchev–Trinajstić information content (AvgIpc) is 2.90. The molecule has 10 heteroatoms. The van der Waals surface area contributed by atoms with Gasteiger partial charge in [0.2, 0.25) is 10.0 Å². The Labute approximate surface area is 231 Å². The summed E-state index contributed by atoms with van der Waals surface area (Å²) in [6.07, 6.45) is 2.59. The highest BCUT2D eigenvalue weighted by Gasteiger charge is 2.47. The Morgan fingerprint density at radius 3 is 2.49 bits per heavy atom. The number of nitrogens with one attached hydrogen (secondary N) is 1. The number of aliphatic imine (C=N–C) groups is 1. The number of halogens is 1. The number of piperidine rings is 1. The van der Waals surface area contributed by atoms with Crippen LogP contribution in [0.2, 0.25) is 0 Å². The molecule has 0 aromatic heterocycles. The molecule has 2 saturated heterocycles. The summed E-state index contributed by atoms with van der Waals surface area (Å²) in [5, 5.41) is 8.64. The monoisotopic (exact) mass is 561 g/mol. The Morgan fingerprint density at radius 1 is 1.18 bits per heavy atom. The molecular weight excluding hydrogens is 521 g/mol. The Morgan fingerprint density at radius 2 is 1.87 bits per heavy atom. The SMILES string of the molecule is COCCN1CCC(c2ccc(CC3C(C)(C)OC(=NC(CCO)c4ccccc4F)NS3(=O)=O)cc2)CC1. The Kier molecular flexibility index (Phi) is 9.64. The van der Waals surface area contributed by atoms with Crippen molar-refractivity contribution in [1.82, 2.24) is 9.62 Å². The minimum Gasteiger partial charge on any atom is -0.457 e. The zero-order chi connectivity index (χ0) is 28.0. The van der Waals surface area contributed by atoms with Crippen molar-refractivity contribution in [1.29, 1.82) is 0 Å². The van der Waals surface area contributed by atoms with E-state index in [1.807, 2.05) is 12.1 Å². The van der Waals surface area contributed by atoms with Crippen LogP contribution in [0.25, 0.3) is 0 Å². The molecule has 0 spiro atoms. The van der Waals surface area contributed by atoms with Gasteiger partial charge in [-0.3, -0.25) is 0 Å². The first kappa shape index (κ1) is 29.5. The molecule has 2 aromatic rings. The summed E-state index contributed by atoms with van der Waals surface area (Å²) in [6, 6.07) is 13.4. The van der Waals surface area contributed by atoms with E-state index in [0.29, 0.717) is 5.92 Å². The van der Waals surface area contributed by atoms with E-state index in [4.69, 9.17) is 9.47 Å². The number of aliphatic hydroxyl groups is 1. The van der Waals surface area contributed by atoms with E-state index in [9.17, 15) is 17.9 Å². The minimum atomic E-state index is -3.85. The lowest BCUT2D eigenvalue weighted by atomic mass is 9.88. The van der Waals surface area contributed by atoms with Crippen molar-refractivity contribution < 1.29 is 27.4 Å². The van der Waals surface area contributed by atoms with E-state index in [1.54, 1.807) is 39.2 Å². The summed E-state index contributed by atoms with van der Waals surface area (Å²) in [6.45, 7) is 7.02. The van der Waals surface area contributed by atoms with Gasteiger partial charge in [-0.05, 0) is 75.7 Å². The van der Waals surface area contributed by atoms with E-state index in [0.717, 1.165) is 44.6 Å². The molecule has 0 saturated carbocycles. The number of benzene rings is 2. The van der Waals surface area contributed by atoms with Crippen LogP contribution in [0.3, 0.4) is 0 Å². The number of rotatable bonds is 10. The molecule has 214 valence electrons. The van der Waals surface area contributed by atoms with Gasteiger partial charge in [0.15, 0.2) is 0 Å². The predicted molar refractivity (Wildman–Crippen MR) is 150 cm³/mol. The molecule has 0 bridgehead atoms. The van der Waals surface area contributed by atoms with Crippen molar-refractivity contribution in [2.24, 2.45) is 4.99 Å². The molecule has 2 aliphatic rings. The average molecular weight is 562 g/mol. The van der Waals surface area contributed by atoms with Gasteiger partial charge in [-0.2, -0.15) is 0 Å². The maximum atomic E-state index is 14.4. The molecule has 8 nitrogen and oxygen atoms in total. The first-order valence-corrected chi connectivity index (χ1v) is 15.1. The van der Waals surface area contributed by atoms with Crippen molar-refractivity contribution in [3.8, 4) is 0 Å². The summed E-state index contributed by atoms with van der Waals surface area (Å²) < 4.78 is 54.8. The zero-order valence-electron chi connectivity index (χ0n) is 23.0. The third-order valence-electron chi connectivity index (χ3n) is 7.75. The van der Waals surface area contributed by atoms with Crippen LogP contribution in [0.4, 0.5) is 4.39 Å². The van der Waals surface area contributed by atoms with Gasteiger partial charge < -0.3 is 19.5 Å². The zero-order valence-corrected chi connectivity index (χ0v) is 23.8. The Hall–Kier alpha value is -2.53. The molecule has 2 unspecified atom stereocenters. The number of amidine groups is 1. The minimum absolute atomic E-state index is 0.123. The van der Waals surface area contributed by atoms with Gasteiger partial charge in [0, 0.05) is 25.8 Å². The summed E-state index contributed by atoms with van der Waals surface area (Å²) in [7, 11) is -2.13. The van der Waals surface area contributed by atoms with Crippen LogP contribution in [-0.2, 0) is 25.9 Å². The van der Waals surface area contributed by atoms with Gasteiger partial charge in [-0.25, -0.2) is 22.5 Å². The fraction of sp³-hybridized carbons (Fsp3) is 0.552. The molecule has 2 fully saturated rings. The maximum absolute atomic E-state index is 14.4. The molecular formula is C29H40FN3O5S. The lowest BCUT2D eigenvalue weighted by Gasteiger charge is -2.39. The number of nitrogens with zero attached hydrogens (tertiary/aromatic N) is 2. The first-order chi connectivity index (χ1) is 18.6. The molecule has 2 aliphatic heterocycles. The third kappa shape index (κ3) is 7.36. The second kappa shape index (κ2) is 12.8. The fourth-order valence-electron chi connectivity index (χ4n) is 5.46. The normalized spacial score (nSPS) is 23.2. The molecule has 2 atom stereocenters. The van der Waals surface area contributed by atoms with Crippen molar-refractivity contribution >= 4 is 16.0 Å². The number of ether oxygens (including phenoxy) is 2. The Balaban J connectivity index is 1.44. The van der Waals surface area contributed by atoms with Gasteiger partial charge >= 0.3 is 0 Å². The van der Waals surface area contributed by atoms with Crippen LogP contribution in [0.1, 0.15) is 61.8 Å². The van der Waals surface area contributed by atoms with Crippen molar-refractivity contribution in [3.05, 3.63) is 71.0 Å². The molecule has 2 heterocycles. The summed E-state index contributed by atoms with van der Waals surface area (Å²) in [5.41, 5.74) is 1.37. The smallest absolute Gasteiger partial charge is 0.299 e. The lowest BCUT2D eigenvalue weighted by Crippen LogP contribution is -2.59. The summed E-state index contributed by atoms with van der Waals surface area (Å²) in [5.74, 6) is 0.0222. The van der Waals surface area contributed by atoms with Crippen molar-refractivity contribution in [3.63, 3.8) is 0 Å². The molecule has 0 amide bonds. The van der Waals surface area contributed by atoms with Gasteiger partial charge in [0.25, 0.3) is 6.02 Å². The van der Waals surface area contributed by atoms with E-state index in [-0.39, 0.29) is 31.0 Å². The van der Waals surface area contributed by atoms with Crippen LogP contribution in [0.15, 0.2) is 53.5 Å². The number of aliphatic hydroxyl groups excluding tert-OH is 1. The van der Waals surface area contributed by atoms with Crippen molar-refractivity contribution in [2.45, 2.75) is 62.3 Å². The topological polar surface area (TPSA) is 100 Å². The number of hydrogen-bond donors (Lipinski definition) is 2. The molecule has 4 rings (SSSR count). The Bertz CT molecular complexity index is 1230. The van der Waals surface area contributed by atoms with Crippen LogP contribution in [-0.4, -0.2) is 75.3 Å². The summed E-state index contributed by atoms with van der Waals surface area (Å²) in [4.78, 5) is 6.80. The molecule has 39 heavy (non-hydrogen) atoms. The second-order valence-electron chi connectivity index (χ2n) is 10.9. The van der Waals surface area contributed by atoms with Gasteiger partial charge in [0.1, 0.15) is 16.7 Å². The molecule has 2 N–H and O–H groups in total. The number of likely N-dealkylation sites (tertiary alicyclic amines) is 1. The first-order valence-electron chi connectivity index (χ1n) is 13.6. The third-order valence-corrected chi connectivity index (χ3v) is 9.69. The van der Waals surface area contributed by atoms with E-state index in [1.165, 1.54) is 11.6 Å². The quantitative estimate of drug-likeness (QED) is 0.458. The van der Waals surface area contributed by atoms with E-state index >= 15 is 0 Å². The highest BCUT2D eigenvalue weighted by Crippen LogP contribution is 2.32. The van der Waals surface area contributed by atoms with Crippen LogP contribution < -0.4 is 4.72 Å². The standard InChI is InChI=1S/C29H40FN3O5S/c1-29(2)27(20-21-8-10-22(11-9-21)23-12-15-33(16-13-23)17-19-37-3)39(35,36)32-28(38-29)31-26(14-18-34)24-6-4-5-7-25(24)30/h4-11,23,26-27,34H,12-20H2,1-3H3,(H,31,32). The van der Waals surface area contributed by atoms with Gasteiger partial charge in [-0.15, -0.1) is 0 Å². The largest absolute Gasteiger partial charge is 0.457 e. The van der Waals surface area contributed by atoms with Gasteiger partial charge in [-0.1, -0.05) is 42.5 Å². The van der Waals surface area contributed by atoms with E-state index < -0.39 is 32.7 Å². The van der Waals surface area contributed by atoms with Gasteiger partial charge in [0.05, 0.1) is 12.6 Å². The second-order valence-corrected chi connectivity index (χ2v) is 12.7. The van der Waals surface area contributed by atoms with Crippen LogP contribution in [0.5, 0.6) is 0 Å². The summed E-state index contributed by atoms with van der Waals surface area (Å²) >= 11 is 0. The van der Waals surface area contributed by atoms with E-state index in [2.05, 4.69) is 26.7 Å². The molecule has 0 aliphatic carbocycles. The van der Waals surface area contributed by atoms with Crippen molar-refractivity contribution in [2.75, 3.05) is 40.0 Å². The highest BCUT2D eigenvalue weighted by atomic mass is 32.2. The molecule has 2 aromatic carbocycles. The fourth-order valence-corrected chi connectivity index (χ4v) is 7.15. The van der Waals surface area contributed by atoms with Crippen LogP contribution >= 0.6 is 0 Å². The number of methoxy groups -OCH3 is 1. The maximum Gasteiger partial charge on any atom is 0.299 e. The number of hydrogen-bond acceptors (Lipinski definition) is 7. The number of sulfonamides is 1.